The Bertz CT molecular complexity index is 1450. The van der Waals surface area contributed by atoms with Gasteiger partial charge in [-0.25, -0.2) is 8.42 Å². The standard InChI is InChI=1S/C33H50N4O8S/c1-21(2)19-37(46(44,45)23-14-15-25(38)26(39)17-23)20-27(40)24(16-22-12-10-9-11-13-22)35-30(42)29(32(3,4)5)36-28(41)18-34-31(43)33(6,7)8/h9-15,17,21,24,27,29,38-40H,16,18-20H2,1-8H3,(H,34,43)(H,35,42)(H,36,41)/t24-,27+,29+/m0/s1. The lowest BCUT2D eigenvalue weighted by Gasteiger charge is -2.34. The fraction of sp³-hybridized carbons (Fsp3) is 0.545. The minimum atomic E-state index is -4.25. The quantitative estimate of drug-likeness (QED) is 0.167. The van der Waals surface area contributed by atoms with Crippen molar-refractivity contribution in [3.05, 3.63) is 54.1 Å². The molecule has 0 radical (unpaired) electrons. The number of phenolic OH excluding ortho intramolecular Hbond substituents is 2. The van der Waals surface area contributed by atoms with Crippen LogP contribution in [0.25, 0.3) is 0 Å². The van der Waals surface area contributed by atoms with Crippen LogP contribution >= 0.6 is 0 Å². The van der Waals surface area contributed by atoms with Crippen molar-refractivity contribution >= 4 is 27.7 Å². The van der Waals surface area contributed by atoms with Crippen molar-refractivity contribution in [2.45, 2.75) is 84.9 Å². The number of hydrogen-bond donors (Lipinski definition) is 6. The van der Waals surface area contributed by atoms with Crippen molar-refractivity contribution in [3.63, 3.8) is 0 Å². The van der Waals surface area contributed by atoms with E-state index in [1.807, 2.05) is 32.0 Å². The molecule has 2 aromatic carbocycles. The van der Waals surface area contributed by atoms with Gasteiger partial charge >= 0.3 is 0 Å². The number of sulfonamides is 1. The minimum Gasteiger partial charge on any atom is -0.504 e. The lowest BCUT2D eigenvalue weighted by molar-refractivity contribution is -0.134. The molecule has 0 saturated carbocycles. The maximum atomic E-state index is 13.8. The van der Waals surface area contributed by atoms with Crippen LogP contribution in [0.4, 0.5) is 0 Å². The average molecular weight is 663 g/mol. The van der Waals surface area contributed by atoms with E-state index in [2.05, 4.69) is 16.0 Å². The number of carbonyl (C=O) groups excluding carboxylic acids is 3. The van der Waals surface area contributed by atoms with Crippen molar-refractivity contribution in [2.75, 3.05) is 19.6 Å². The van der Waals surface area contributed by atoms with E-state index in [1.54, 1.807) is 53.7 Å². The number of rotatable bonds is 14. The van der Waals surface area contributed by atoms with Crippen LogP contribution in [0.3, 0.4) is 0 Å². The smallest absolute Gasteiger partial charge is 0.243 e. The molecule has 0 heterocycles. The number of aliphatic hydroxyl groups excluding tert-OH is 1. The number of aliphatic hydroxyl groups is 1. The summed E-state index contributed by atoms with van der Waals surface area (Å²) >= 11 is 0. The Hall–Kier alpha value is -3.68. The average Bonchev–Trinajstić information content (AvgIpc) is 2.94. The molecule has 13 heteroatoms. The molecule has 46 heavy (non-hydrogen) atoms. The molecule has 0 bridgehead atoms. The van der Waals surface area contributed by atoms with E-state index in [0.717, 1.165) is 28.1 Å². The van der Waals surface area contributed by atoms with Gasteiger partial charge in [-0.05, 0) is 35.4 Å². The van der Waals surface area contributed by atoms with Gasteiger partial charge in [0.1, 0.15) is 6.04 Å². The normalized spacial score (nSPS) is 14.4. The minimum absolute atomic E-state index is 0.0218. The van der Waals surface area contributed by atoms with Gasteiger partial charge < -0.3 is 31.3 Å². The van der Waals surface area contributed by atoms with Crippen LogP contribution < -0.4 is 16.0 Å². The molecule has 12 nitrogen and oxygen atoms in total. The number of nitrogens with zero attached hydrogens (tertiary/aromatic N) is 1. The molecule has 0 fully saturated rings. The van der Waals surface area contributed by atoms with Gasteiger partial charge in [0.2, 0.25) is 27.7 Å². The van der Waals surface area contributed by atoms with Gasteiger partial charge in [0.05, 0.1) is 23.6 Å². The van der Waals surface area contributed by atoms with E-state index < -0.39 is 68.9 Å². The first-order chi connectivity index (χ1) is 21.1. The number of amides is 3. The van der Waals surface area contributed by atoms with Crippen LogP contribution in [0, 0.1) is 16.7 Å². The molecule has 0 unspecified atom stereocenters. The highest BCUT2D eigenvalue weighted by molar-refractivity contribution is 7.89. The molecule has 0 aliphatic rings. The van der Waals surface area contributed by atoms with Gasteiger partial charge in [0, 0.05) is 24.6 Å². The Labute approximate surface area is 272 Å². The van der Waals surface area contributed by atoms with Crippen LogP contribution in [0.15, 0.2) is 53.4 Å². The first kappa shape index (κ1) is 38.5. The summed E-state index contributed by atoms with van der Waals surface area (Å²) in [5.41, 5.74) is -0.708. The molecule has 3 atom stereocenters. The Balaban J connectivity index is 2.38. The Kier molecular flexibility index (Phi) is 13.2. The second-order valence-corrected chi connectivity index (χ2v) is 16.0. The number of aromatic hydroxyl groups is 2. The topological polar surface area (TPSA) is 185 Å². The summed E-state index contributed by atoms with van der Waals surface area (Å²) in [5, 5.41) is 39.3. The molecule has 0 saturated heterocycles. The molecule has 256 valence electrons. The van der Waals surface area contributed by atoms with Crippen molar-refractivity contribution in [2.24, 2.45) is 16.7 Å². The molecule has 0 aliphatic heterocycles. The predicted molar refractivity (Wildman–Crippen MR) is 175 cm³/mol. The van der Waals surface area contributed by atoms with Crippen LogP contribution in [0.1, 0.15) is 61.0 Å². The van der Waals surface area contributed by atoms with Gasteiger partial charge in [-0.1, -0.05) is 85.7 Å². The number of phenols is 2. The fourth-order valence-electron chi connectivity index (χ4n) is 4.56. The molecule has 3 amide bonds. The monoisotopic (exact) mass is 662 g/mol. The van der Waals surface area contributed by atoms with Gasteiger partial charge in [0.25, 0.3) is 0 Å². The number of nitrogens with one attached hydrogen (secondary N) is 3. The third kappa shape index (κ3) is 11.3. The van der Waals surface area contributed by atoms with Crippen LogP contribution in [-0.2, 0) is 30.8 Å². The zero-order valence-electron chi connectivity index (χ0n) is 28.0. The van der Waals surface area contributed by atoms with E-state index in [1.165, 1.54) is 0 Å². The summed E-state index contributed by atoms with van der Waals surface area (Å²) in [6.07, 6.45) is -1.25. The van der Waals surface area contributed by atoms with Gasteiger partial charge in [-0.2, -0.15) is 4.31 Å². The molecular formula is C33H50N4O8S. The summed E-state index contributed by atoms with van der Waals surface area (Å²) in [4.78, 5) is 38.6. The first-order valence-corrected chi connectivity index (χ1v) is 16.7. The molecule has 2 aromatic rings. The van der Waals surface area contributed by atoms with Crippen molar-refractivity contribution < 1.29 is 38.1 Å². The Morgan fingerprint density at radius 3 is 2.00 bits per heavy atom. The number of hydrogen-bond acceptors (Lipinski definition) is 8. The Morgan fingerprint density at radius 1 is 0.870 bits per heavy atom. The summed E-state index contributed by atoms with van der Waals surface area (Å²) in [5.74, 6) is -2.71. The van der Waals surface area contributed by atoms with Gasteiger partial charge in [-0.3, -0.25) is 14.4 Å². The third-order valence-electron chi connectivity index (χ3n) is 7.16. The molecule has 2 rings (SSSR count). The summed E-state index contributed by atoms with van der Waals surface area (Å²) in [6, 6.07) is 10.2. The van der Waals surface area contributed by atoms with E-state index in [-0.39, 0.29) is 36.2 Å². The summed E-state index contributed by atoms with van der Waals surface area (Å²) in [7, 11) is -4.25. The number of benzene rings is 2. The summed E-state index contributed by atoms with van der Waals surface area (Å²) < 4.78 is 28.4. The molecule has 0 spiro atoms. The molecule has 0 aliphatic carbocycles. The molecule has 6 N–H and O–H groups in total. The fourth-order valence-corrected chi connectivity index (χ4v) is 6.20. The summed E-state index contributed by atoms with van der Waals surface area (Å²) in [6.45, 7) is 13.3. The van der Waals surface area contributed by atoms with E-state index in [0.29, 0.717) is 0 Å². The highest BCUT2D eigenvalue weighted by Crippen LogP contribution is 2.29. The van der Waals surface area contributed by atoms with Crippen LogP contribution in [-0.4, -0.2) is 83.6 Å². The zero-order chi connectivity index (χ0) is 35.0. The van der Waals surface area contributed by atoms with E-state index in [9.17, 15) is 38.1 Å². The van der Waals surface area contributed by atoms with Gasteiger partial charge in [-0.15, -0.1) is 0 Å². The lowest BCUT2D eigenvalue weighted by atomic mass is 9.85. The molecule has 0 aromatic heterocycles. The van der Waals surface area contributed by atoms with Crippen molar-refractivity contribution in [3.8, 4) is 11.5 Å². The predicted octanol–water partition coefficient (Wildman–Crippen LogP) is 2.53. The van der Waals surface area contributed by atoms with Crippen molar-refractivity contribution in [1.29, 1.82) is 0 Å². The highest BCUT2D eigenvalue weighted by Gasteiger charge is 2.37. The lowest BCUT2D eigenvalue weighted by Crippen LogP contribution is -2.59. The third-order valence-corrected chi connectivity index (χ3v) is 8.99. The maximum Gasteiger partial charge on any atom is 0.243 e. The van der Waals surface area contributed by atoms with E-state index in [4.69, 9.17) is 0 Å². The second kappa shape index (κ2) is 15.7. The van der Waals surface area contributed by atoms with Crippen molar-refractivity contribution in [1.82, 2.24) is 20.3 Å². The largest absolute Gasteiger partial charge is 0.504 e. The van der Waals surface area contributed by atoms with Gasteiger partial charge in [0.15, 0.2) is 11.5 Å². The second-order valence-electron chi connectivity index (χ2n) is 14.0. The highest BCUT2D eigenvalue weighted by atomic mass is 32.2. The Morgan fingerprint density at radius 2 is 1.48 bits per heavy atom. The first-order valence-electron chi connectivity index (χ1n) is 15.2. The zero-order valence-corrected chi connectivity index (χ0v) is 28.8. The van der Waals surface area contributed by atoms with E-state index >= 15 is 0 Å². The number of carbonyl (C=O) groups is 3. The maximum absolute atomic E-state index is 13.8. The SMILES string of the molecule is CC(C)CN(C[C@@H](O)[C@H](Cc1ccccc1)NC(=O)[C@@H](NC(=O)CNC(=O)C(C)(C)C)C(C)(C)C)S(=O)(=O)c1ccc(O)c(O)c1. The van der Waals surface area contributed by atoms with Crippen LogP contribution in [0.2, 0.25) is 0 Å². The van der Waals surface area contributed by atoms with Crippen LogP contribution in [0.5, 0.6) is 11.5 Å². The molecular weight excluding hydrogens is 612 g/mol.